The van der Waals surface area contributed by atoms with Crippen LogP contribution >= 0.6 is 11.3 Å². The first-order valence-electron chi connectivity index (χ1n) is 8.47. The first-order valence-corrected chi connectivity index (χ1v) is 9.35. The molecular weight excluding hydrogens is 365 g/mol. The van der Waals surface area contributed by atoms with Crippen LogP contribution in [0, 0.1) is 5.82 Å². The number of hydrogen-bond acceptors (Lipinski definition) is 3. The van der Waals surface area contributed by atoms with E-state index in [1.54, 1.807) is 41.3 Å². The summed E-state index contributed by atoms with van der Waals surface area (Å²) in [5.74, 6) is -2.41. The molecular formula is C21H16FNO3S. The number of thiophene rings is 1. The molecule has 2 heterocycles. The smallest absolute Gasteiger partial charge is 0.313 e. The summed E-state index contributed by atoms with van der Waals surface area (Å²) in [6.07, 6.45) is 0. The Morgan fingerprint density at radius 3 is 2.48 bits per heavy atom. The van der Waals surface area contributed by atoms with Crippen LogP contribution in [0.1, 0.15) is 38.3 Å². The number of hydrogen-bond donors (Lipinski definition) is 1. The van der Waals surface area contributed by atoms with Crippen LogP contribution in [0.15, 0.2) is 66.0 Å². The van der Waals surface area contributed by atoms with Crippen molar-refractivity contribution in [2.24, 2.45) is 0 Å². The lowest BCUT2D eigenvalue weighted by Crippen LogP contribution is -2.44. The van der Waals surface area contributed by atoms with Gasteiger partial charge in [-0.1, -0.05) is 36.4 Å². The summed E-state index contributed by atoms with van der Waals surface area (Å²) in [6, 6.07) is 15.9. The maximum absolute atomic E-state index is 13.3. The normalized spacial score (nSPS) is 19.0. The van der Waals surface area contributed by atoms with Crippen molar-refractivity contribution in [2.45, 2.75) is 18.5 Å². The lowest BCUT2D eigenvalue weighted by atomic mass is 9.82. The number of halogens is 1. The molecule has 0 saturated carbocycles. The molecule has 4 rings (SSSR count). The van der Waals surface area contributed by atoms with Gasteiger partial charge in [0, 0.05) is 17.0 Å². The minimum absolute atomic E-state index is 0.208. The lowest BCUT2D eigenvalue weighted by molar-refractivity contribution is -0.140. The topological polar surface area (TPSA) is 57.6 Å². The number of amides is 1. The summed E-state index contributed by atoms with van der Waals surface area (Å²) in [6.45, 7) is 0.208. The molecule has 27 heavy (non-hydrogen) atoms. The van der Waals surface area contributed by atoms with Crippen LogP contribution in [0.2, 0.25) is 0 Å². The van der Waals surface area contributed by atoms with Gasteiger partial charge in [-0.25, -0.2) is 4.39 Å². The van der Waals surface area contributed by atoms with E-state index in [0.29, 0.717) is 11.1 Å². The third kappa shape index (κ3) is 3.13. The molecule has 1 aromatic heterocycles. The fourth-order valence-corrected chi connectivity index (χ4v) is 4.47. The molecule has 0 radical (unpaired) electrons. The predicted octanol–water partition coefficient (Wildman–Crippen LogP) is 4.45. The molecule has 0 aliphatic carbocycles. The minimum Gasteiger partial charge on any atom is -0.481 e. The monoisotopic (exact) mass is 381 g/mol. The van der Waals surface area contributed by atoms with E-state index in [1.807, 2.05) is 17.5 Å². The summed E-state index contributed by atoms with van der Waals surface area (Å²) in [5.41, 5.74) is 1.68. The second-order valence-corrected chi connectivity index (χ2v) is 7.40. The fourth-order valence-electron chi connectivity index (χ4n) is 3.60. The van der Waals surface area contributed by atoms with Gasteiger partial charge >= 0.3 is 5.97 Å². The van der Waals surface area contributed by atoms with Gasteiger partial charge in [0.15, 0.2) is 0 Å². The van der Waals surface area contributed by atoms with E-state index in [2.05, 4.69) is 0 Å². The molecule has 0 spiro atoms. The Labute approximate surface area is 159 Å². The van der Waals surface area contributed by atoms with Crippen molar-refractivity contribution in [1.82, 2.24) is 4.90 Å². The van der Waals surface area contributed by atoms with E-state index in [0.717, 1.165) is 10.4 Å². The largest absolute Gasteiger partial charge is 0.481 e. The zero-order valence-corrected chi connectivity index (χ0v) is 15.0. The molecule has 0 saturated heterocycles. The highest BCUT2D eigenvalue weighted by molar-refractivity contribution is 7.10. The number of carboxylic acid groups (broad SMARTS) is 1. The molecule has 3 aromatic rings. The standard InChI is InChI=1S/C21H16FNO3S/c22-14-9-7-13(8-10-14)12-23-19(17-6-3-11-27-17)18(21(25)26)15-4-1-2-5-16(15)20(23)24/h1-11,18-19H,12H2,(H,25,26). The average molecular weight is 381 g/mol. The van der Waals surface area contributed by atoms with Crippen molar-refractivity contribution in [3.8, 4) is 0 Å². The zero-order valence-electron chi connectivity index (χ0n) is 14.2. The Morgan fingerprint density at radius 1 is 1.07 bits per heavy atom. The van der Waals surface area contributed by atoms with E-state index in [1.165, 1.54) is 23.5 Å². The van der Waals surface area contributed by atoms with Gasteiger partial charge in [0.05, 0.1) is 6.04 Å². The summed E-state index contributed by atoms with van der Waals surface area (Å²) >= 11 is 1.43. The third-order valence-corrected chi connectivity index (χ3v) is 5.75. The first-order chi connectivity index (χ1) is 13.1. The first kappa shape index (κ1) is 17.4. The number of nitrogens with zero attached hydrogens (tertiary/aromatic N) is 1. The molecule has 4 nitrogen and oxygen atoms in total. The molecule has 2 atom stereocenters. The lowest BCUT2D eigenvalue weighted by Gasteiger charge is -2.40. The van der Waals surface area contributed by atoms with Gasteiger partial charge in [0.1, 0.15) is 11.7 Å². The molecule has 136 valence electrons. The molecule has 6 heteroatoms. The highest BCUT2D eigenvalue weighted by Crippen LogP contribution is 2.44. The van der Waals surface area contributed by atoms with E-state index in [-0.39, 0.29) is 18.3 Å². The Bertz CT molecular complexity index is 985. The number of carboxylic acids is 1. The molecule has 1 aliphatic rings. The number of carbonyl (C=O) groups excluding carboxylic acids is 1. The van der Waals surface area contributed by atoms with Gasteiger partial charge in [-0.3, -0.25) is 9.59 Å². The van der Waals surface area contributed by atoms with Crippen molar-refractivity contribution in [2.75, 3.05) is 0 Å². The number of benzene rings is 2. The van der Waals surface area contributed by atoms with Gasteiger partial charge < -0.3 is 10.0 Å². The van der Waals surface area contributed by atoms with Gasteiger partial charge in [-0.15, -0.1) is 11.3 Å². The third-order valence-electron chi connectivity index (χ3n) is 4.81. The predicted molar refractivity (Wildman–Crippen MR) is 100 cm³/mol. The van der Waals surface area contributed by atoms with Crippen LogP contribution in [0.25, 0.3) is 0 Å². The second kappa shape index (κ2) is 6.96. The summed E-state index contributed by atoms with van der Waals surface area (Å²) in [4.78, 5) is 27.8. The number of fused-ring (bicyclic) bond motifs is 1. The van der Waals surface area contributed by atoms with E-state index < -0.39 is 17.9 Å². The van der Waals surface area contributed by atoms with Gasteiger partial charge in [0.25, 0.3) is 5.91 Å². The van der Waals surface area contributed by atoms with Gasteiger partial charge in [0.2, 0.25) is 0 Å². The summed E-state index contributed by atoms with van der Waals surface area (Å²) < 4.78 is 13.3. The van der Waals surface area contributed by atoms with Crippen molar-refractivity contribution < 1.29 is 19.1 Å². The SMILES string of the molecule is O=C(O)C1c2ccccc2C(=O)N(Cc2ccc(F)cc2)C1c1cccs1. The second-order valence-electron chi connectivity index (χ2n) is 6.42. The zero-order chi connectivity index (χ0) is 19.0. The van der Waals surface area contributed by atoms with Gasteiger partial charge in [-0.2, -0.15) is 0 Å². The molecule has 0 fully saturated rings. The van der Waals surface area contributed by atoms with Crippen LogP contribution in [-0.4, -0.2) is 21.9 Å². The van der Waals surface area contributed by atoms with Gasteiger partial charge in [-0.05, 0) is 40.8 Å². The number of aliphatic carboxylic acids is 1. The maximum Gasteiger partial charge on any atom is 0.313 e. The summed E-state index contributed by atoms with van der Waals surface area (Å²) in [7, 11) is 0. The van der Waals surface area contributed by atoms with Crippen LogP contribution in [-0.2, 0) is 11.3 Å². The molecule has 2 unspecified atom stereocenters. The Kier molecular flexibility index (Phi) is 4.49. The number of carbonyl (C=O) groups is 2. The van der Waals surface area contributed by atoms with Crippen molar-refractivity contribution in [3.63, 3.8) is 0 Å². The highest BCUT2D eigenvalue weighted by Gasteiger charge is 2.44. The maximum atomic E-state index is 13.3. The van der Waals surface area contributed by atoms with E-state index in [9.17, 15) is 19.1 Å². The van der Waals surface area contributed by atoms with Crippen LogP contribution in [0.3, 0.4) is 0 Å². The Balaban J connectivity index is 1.85. The molecule has 1 amide bonds. The molecule has 2 aromatic carbocycles. The Morgan fingerprint density at radius 2 is 1.81 bits per heavy atom. The molecule has 0 bridgehead atoms. The van der Waals surface area contributed by atoms with Crippen molar-refractivity contribution in [1.29, 1.82) is 0 Å². The van der Waals surface area contributed by atoms with Crippen molar-refractivity contribution in [3.05, 3.63) is 93.4 Å². The minimum atomic E-state index is -0.975. The van der Waals surface area contributed by atoms with Crippen LogP contribution in [0.5, 0.6) is 0 Å². The Hall–Kier alpha value is -2.99. The molecule has 1 N–H and O–H groups in total. The summed E-state index contributed by atoms with van der Waals surface area (Å²) in [5, 5.41) is 11.8. The highest BCUT2D eigenvalue weighted by atomic mass is 32.1. The average Bonchev–Trinajstić information content (AvgIpc) is 3.19. The quantitative estimate of drug-likeness (QED) is 0.726. The van der Waals surface area contributed by atoms with Crippen LogP contribution in [0.4, 0.5) is 4.39 Å². The van der Waals surface area contributed by atoms with Crippen LogP contribution < -0.4 is 0 Å². The number of rotatable bonds is 4. The fraction of sp³-hybridized carbons (Fsp3) is 0.143. The molecule has 1 aliphatic heterocycles. The van der Waals surface area contributed by atoms with Crippen molar-refractivity contribution >= 4 is 23.2 Å². The van der Waals surface area contributed by atoms with E-state index >= 15 is 0 Å². The van der Waals surface area contributed by atoms with E-state index in [4.69, 9.17) is 0 Å².